The zero-order valence-electron chi connectivity index (χ0n) is 11.2. The van der Waals surface area contributed by atoms with Crippen molar-refractivity contribution < 1.29 is 9.13 Å². The van der Waals surface area contributed by atoms with Crippen LogP contribution in [0.5, 0.6) is 5.75 Å². The Balaban J connectivity index is 2.26. The molecule has 3 nitrogen and oxygen atoms in total. The van der Waals surface area contributed by atoms with E-state index in [-0.39, 0.29) is 11.9 Å². The van der Waals surface area contributed by atoms with Gasteiger partial charge in [-0.2, -0.15) is 0 Å². The molecule has 6 heteroatoms. The molecule has 1 aromatic carbocycles. The summed E-state index contributed by atoms with van der Waals surface area (Å²) < 4.78 is 20.0. The van der Waals surface area contributed by atoms with E-state index in [4.69, 9.17) is 10.5 Å². The van der Waals surface area contributed by atoms with Crippen molar-refractivity contribution in [3.8, 4) is 5.75 Å². The lowest BCUT2D eigenvalue weighted by Gasteiger charge is -2.17. The van der Waals surface area contributed by atoms with Crippen LogP contribution in [0.4, 0.5) is 10.1 Å². The second kappa shape index (κ2) is 6.56. The number of halogens is 2. The van der Waals surface area contributed by atoms with Crippen LogP contribution in [0.25, 0.3) is 0 Å². The molecule has 1 heterocycles. The van der Waals surface area contributed by atoms with Crippen molar-refractivity contribution in [3.05, 3.63) is 44.3 Å². The molecule has 20 heavy (non-hydrogen) atoms. The van der Waals surface area contributed by atoms with Crippen molar-refractivity contribution in [1.29, 1.82) is 0 Å². The van der Waals surface area contributed by atoms with Crippen LogP contribution in [0.3, 0.4) is 0 Å². The number of ether oxygens (including phenoxy) is 1. The van der Waals surface area contributed by atoms with Crippen molar-refractivity contribution in [2.45, 2.75) is 13.0 Å². The van der Waals surface area contributed by atoms with E-state index < -0.39 is 0 Å². The van der Waals surface area contributed by atoms with Gasteiger partial charge in [-0.05, 0) is 41.1 Å². The molecular weight excluding hydrogens is 343 g/mol. The van der Waals surface area contributed by atoms with Crippen LogP contribution in [0.15, 0.2) is 28.7 Å². The first-order valence-corrected chi connectivity index (χ1v) is 7.72. The van der Waals surface area contributed by atoms with E-state index in [2.05, 4.69) is 21.2 Å². The maximum absolute atomic E-state index is 13.8. The van der Waals surface area contributed by atoms with Gasteiger partial charge in [0, 0.05) is 26.8 Å². The summed E-state index contributed by atoms with van der Waals surface area (Å²) >= 11 is 5.12. The van der Waals surface area contributed by atoms with Gasteiger partial charge in [0.05, 0.1) is 18.8 Å². The zero-order valence-corrected chi connectivity index (χ0v) is 13.6. The molecule has 1 unspecified atom stereocenters. The lowest BCUT2D eigenvalue weighted by Crippen LogP contribution is -2.20. The van der Waals surface area contributed by atoms with E-state index in [0.717, 1.165) is 9.35 Å². The van der Waals surface area contributed by atoms with E-state index in [9.17, 15) is 4.39 Å². The van der Waals surface area contributed by atoms with Crippen molar-refractivity contribution in [2.24, 2.45) is 5.73 Å². The van der Waals surface area contributed by atoms with E-state index in [1.165, 1.54) is 10.9 Å². The fourth-order valence-corrected chi connectivity index (χ4v) is 3.45. The van der Waals surface area contributed by atoms with E-state index in [1.54, 1.807) is 30.6 Å². The molecule has 0 aliphatic heterocycles. The average molecular weight is 359 g/mol. The van der Waals surface area contributed by atoms with Gasteiger partial charge < -0.3 is 15.8 Å². The summed E-state index contributed by atoms with van der Waals surface area (Å²) in [5, 5.41) is 3.14. The van der Waals surface area contributed by atoms with Crippen LogP contribution < -0.4 is 15.8 Å². The number of rotatable bonds is 5. The highest BCUT2D eigenvalue weighted by atomic mass is 79.9. The molecule has 0 fully saturated rings. The molecule has 1 aromatic heterocycles. The van der Waals surface area contributed by atoms with Crippen molar-refractivity contribution in [3.63, 3.8) is 0 Å². The summed E-state index contributed by atoms with van der Waals surface area (Å²) in [6.45, 7) is 2.40. The number of benzene rings is 1. The van der Waals surface area contributed by atoms with Gasteiger partial charge in [0.25, 0.3) is 0 Å². The van der Waals surface area contributed by atoms with Crippen LogP contribution in [0.2, 0.25) is 0 Å². The van der Waals surface area contributed by atoms with Crippen LogP contribution in [-0.4, -0.2) is 13.7 Å². The molecule has 0 saturated heterocycles. The molecule has 108 valence electrons. The van der Waals surface area contributed by atoms with Crippen molar-refractivity contribution in [2.75, 3.05) is 19.0 Å². The summed E-state index contributed by atoms with van der Waals surface area (Å²) in [6, 6.07) is 6.48. The molecule has 3 N–H and O–H groups in total. The molecule has 0 spiro atoms. The van der Waals surface area contributed by atoms with E-state index in [1.807, 2.05) is 13.0 Å². The van der Waals surface area contributed by atoms with Gasteiger partial charge in [0.1, 0.15) is 11.6 Å². The fourth-order valence-electron chi connectivity index (χ4n) is 1.83. The van der Waals surface area contributed by atoms with Crippen molar-refractivity contribution >= 4 is 33.0 Å². The maximum atomic E-state index is 13.8. The number of nitrogens with two attached hydrogens (primary N) is 1. The molecule has 0 amide bonds. The Morgan fingerprint density at radius 2 is 2.20 bits per heavy atom. The summed E-state index contributed by atoms with van der Waals surface area (Å²) in [4.78, 5) is 2.24. The summed E-state index contributed by atoms with van der Waals surface area (Å²) in [6.07, 6.45) is 0. The number of aryl methyl sites for hydroxylation is 1. The summed E-state index contributed by atoms with van der Waals surface area (Å²) in [5.74, 6) is 0.282. The highest BCUT2D eigenvalue weighted by Crippen LogP contribution is 2.33. The molecule has 0 radical (unpaired) electrons. The fraction of sp³-hybridized carbons (Fsp3) is 0.286. The van der Waals surface area contributed by atoms with Crippen LogP contribution >= 0.6 is 27.3 Å². The monoisotopic (exact) mass is 358 g/mol. The van der Waals surface area contributed by atoms with Gasteiger partial charge in [0.2, 0.25) is 0 Å². The molecule has 0 bridgehead atoms. The van der Waals surface area contributed by atoms with Gasteiger partial charge >= 0.3 is 0 Å². The topological polar surface area (TPSA) is 47.3 Å². The maximum Gasteiger partial charge on any atom is 0.146 e. The molecule has 0 aliphatic carbocycles. The third-order valence-corrected chi connectivity index (χ3v) is 5.21. The summed E-state index contributed by atoms with van der Waals surface area (Å²) in [5.41, 5.74) is 6.20. The molecular formula is C14H16BrFN2OS. The molecule has 0 aliphatic rings. The second-order valence-electron chi connectivity index (χ2n) is 4.33. The summed E-state index contributed by atoms with van der Waals surface area (Å²) in [7, 11) is 1.55. The Kier molecular flexibility index (Phi) is 5.01. The number of hydrogen-bond donors (Lipinski definition) is 2. The lowest BCUT2D eigenvalue weighted by atomic mass is 10.2. The molecule has 2 rings (SSSR count). The number of anilines is 1. The zero-order chi connectivity index (χ0) is 14.7. The van der Waals surface area contributed by atoms with Gasteiger partial charge in [-0.3, -0.25) is 0 Å². The van der Waals surface area contributed by atoms with E-state index in [0.29, 0.717) is 18.0 Å². The third kappa shape index (κ3) is 3.31. The minimum atomic E-state index is -0.323. The highest BCUT2D eigenvalue weighted by Gasteiger charge is 2.16. The predicted molar refractivity (Wildman–Crippen MR) is 85.1 cm³/mol. The molecule has 1 atom stereocenters. The van der Waals surface area contributed by atoms with Gasteiger partial charge in [-0.25, -0.2) is 4.39 Å². The third-order valence-electron chi connectivity index (χ3n) is 2.96. The first-order valence-electron chi connectivity index (χ1n) is 6.11. The lowest BCUT2D eigenvalue weighted by molar-refractivity contribution is 0.414. The Hall–Kier alpha value is -1.11. The largest absolute Gasteiger partial charge is 0.497 e. The number of hydrogen-bond acceptors (Lipinski definition) is 4. The Morgan fingerprint density at radius 3 is 2.75 bits per heavy atom. The SMILES string of the molecule is COc1ccc(F)c(NC(CN)c2cc(Br)c(C)s2)c1. The van der Waals surface area contributed by atoms with Crippen LogP contribution in [0.1, 0.15) is 15.8 Å². The Labute approximate surface area is 130 Å². The smallest absolute Gasteiger partial charge is 0.146 e. The number of thiophene rings is 1. The Bertz CT molecular complexity index is 583. The Morgan fingerprint density at radius 1 is 1.45 bits per heavy atom. The van der Waals surface area contributed by atoms with Crippen LogP contribution in [-0.2, 0) is 0 Å². The van der Waals surface area contributed by atoms with Gasteiger partial charge in [-0.1, -0.05) is 0 Å². The standard InChI is InChI=1S/C14H16BrFN2OS/c1-8-10(15)6-14(20-8)13(7-17)18-12-5-9(19-2)3-4-11(12)16/h3-6,13,18H,7,17H2,1-2H3. The quantitative estimate of drug-likeness (QED) is 0.846. The van der Waals surface area contributed by atoms with Crippen molar-refractivity contribution in [1.82, 2.24) is 0 Å². The predicted octanol–water partition coefficient (Wildman–Crippen LogP) is 4.08. The first kappa shape index (κ1) is 15.3. The average Bonchev–Trinajstić information content (AvgIpc) is 2.77. The first-order chi connectivity index (χ1) is 9.55. The van der Waals surface area contributed by atoms with Crippen LogP contribution in [0, 0.1) is 12.7 Å². The number of nitrogens with one attached hydrogen (secondary N) is 1. The van der Waals surface area contributed by atoms with E-state index >= 15 is 0 Å². The minimum Gasteiger partial charge on any atom is -0.497 e. The molecule has 0 saturated carbocycles. The normalized spacial score (nSPS) is 12.2. The number of methoxy groups -OCH3 is 1. The highest BCUT2D eigenvalue weighted by molar-refractivity contribution is 9.10. The molecule has 2 aromatic rings. The minimum absolute atomic E-state index is 0.133. The second-order valence-corrected chi connectivity index (χ2v) is 6.47. The van der Waals surface area contributed by atoms with Gasteiger partial charge in [-0.15, -0.1) is 11.3 Å². The van der Waals surface area contributed by atoms with Gasteiger partial charge in [0.15, 0.2) is 0 Å².